The van der Waals surface area contributed by atoms with Crippen molar-refractivity contribution in [1.29, 1.82) is 0 Å². The Morgan fingerprint density at radius 2 is 2.43 bits per heavy atom. The molecule has 2 rings (SSSR count). The van der Waals surface area contributed by atoms with Gasteiger partial charge in [-0.05, 0) is 32.0 Å². The summed E-state index contributed by atoms with van der Waals surface area (Å²) in [7, 11) is 1.89. The lowest BCUT2D eigenvalue weighted by molar-refractivity contribution is 0.0755. The van der Waals surface area contributed by atoms with Crippen LogP contribution in [-0.4, -0.2) is 55.0 Å². The fraction of sp³-hybridized carbons (Fsp3) is 0.562. The fourth-order valence-corrected chi connectivity index (χ4v) is 3.54. The third-order valence-electron chi connectivity index (χ3n) is 3.90. The highest BCUT2D eigenvalue weighted by Crippen LogP contribution is 2.19. The van der Waals surface area contributed by atoms with Crippen LogP contribution in [0.15, 0.2) is 11.4 Å². The molecule has 114 valence electrons. The summed E-state index contributed by atoms with van der Waals surface area (Å²) in [6.07, 6.45) is 2.42. The van der Waals surface area contributed by atoms with Crippen molar-refractivity contribution in [2.45, 2.75) is 25.8 Å². The molecule has 1 aliphatic rings. The first-order valence-electron chi connectivity index (χ1n) is 7.42. The Kier molecular flexibility index (Phi) is 5.80. The second-order valence-corrected chi connectivity index (χ2v) is 6.23. The molecule has 2 N–H and O–H groups in total. The Balaban J connectivity index is 1.97. The van der Waals surface area contributed by atoms with Gasteiger partial charge in [0.05, 0.1) is 17.0 Å². The summed E-state index contributed by atoms with van der Waals surface area (Å²) >= 11 is 1.50. The van der Waals surface area contributed by atoms with Crippen LogP contribution in [0.4, 0.5) is 0 Å². The van der Waals surface area contributed by atoms with Crippen molar-refractivity contribution in [1.82, 2.24) is 9.80 Å². The summed E-state index contributed by atoms with van der Waals surface area (Å²) in [6, 6.07) is 2.36. The average Bonchev–Trinajstić information content (AvgIpc) is 3.13. The van der Waals surface area contributed by atoms with Gasteiger partial charge in [0.15, 0.2) is 0 Å². The number of hydrogen-bond acceptors (Lipinski definition) is 4. The zero-order valence-electron chi connectivity index (χ0n) is 12.8. The summed E-state index contributed by atoms with van der Waals surface area (Å²) in [5.74, 6) is 5.87. The van der Waals surface area contributed by atoms with Gasteiger partial charge in [-0.3, -0.25) is 9.69 Å². The topological polar surface area (TPSA) is 49.6 Å². The van der Waals surface area contributed by atoms with Gasteiger partial charge in [0.1, 0.15) is 0 Å². The van der Waals surface area contributed by atoms with Crippen LogP contribution in [0.25, 0.3) is 0 Å². The van der Waals surface area contributed by atoms with Crippen LogP contribution in [0.5, 0.6) is 0 Å². The molecule has 1 amide bonds. The lowest BCUT2D eigenvalue weighted by Gasteiger charge is -2.27. The Morgan fingerprint density at radius 3 is 3.14 bits per heavy atom. The minimum absolute atomic E-state index is 0.0787. The highest BCUT2D eigenvalue weighted by atomic mass is 32.1. The molecule has 0 aromatic carbocycles. The molecule has 0 spiro atoms. The molecular weight excluding hydrogens is 282 g/mol. The largest absolute Gasteiger partial charge is 0.340 e. The van der Waals surface area contributed by atoms with Crippen LogP contribution in [-0.2, 0) is 0 Å². The smallest absolute Gasteiger partial charge is 0.254 e. The Labute approximate surface area is 130 Å². The number of likely N-dealkylation sites (tertiary alicyclic amines) is 1. The van der Waals surface area contributed by atoms with E-state index in [4.69, 9.17) is 5.73 Å². The van der Waals surface area contributed by atoms with Crippen molar-refractivity contribution < 1.29 is 4.79 Å². The summed E-state index contributed by atoms with van der Waals surface area (Å²) in [5, 5.41) is 1.88. The SMILES string of the molecule is CCN1CCCC1CN(C)C(=O)c1csc(C#CCN)c1. The van der Waals surface area contributed by atoms with Crippen molar-refractivity contribution in [3.8, 4) is 11.8 Å². The predicted octanol–water partition coefficient (Wildman–Crippen LogP) is 1.61. The summed E-state index contributed by atoms with van der Waals surface area (Å²) in [6.45, 7) is 5.54. The number of hydrogen-bond donors (Lipinski definition) is 1. The van der Waals surface area contributed by atoms with Gasteiger partial charge in [-0.2, -0.15) is 0 Å². The van der Waals surface area contributed by atoms with E-state index in [0.29, 0.717) is 12.6 Å². The molecule has 1 aromatic rings. The monoisotopic (exact) mass is 305 g/mol. The van der Waals surface area contributed by atoms with E-state index in [2.05, 4.69) is 23.7 Å². The van der Waals surface area contributed by atoms with Gasteiger partial charge in [-0.25, -0.2) is 0 Å². The standard InChI is InChI=1S/C16H23N3OS/c1-3-19-9-5-6-14(19)11-18(2)16(20)13-10-15(21-12-13)7-4-8-17/h10,12,14H,3,5-6,8-9,11,17H2,1-2H3. The third kappa shape index (κ3) is 4.07. The molecule has 0 saturated carbocycles. The van der Waals surface area contributed by atoms with Crippen LogP contribution in [0.3, 0.4) is 0 Å². The molecule has 1 atom stereocenters. The summed E-state index contributed by atoms with van der Waals surface area (Å²) < 4.78 is 0. The molecule has 5 heteroatoms. The van der Waals surface area contributed by atoms with E-state index in [1.165, 1.54) is 24.2 Å². The van der Waals surface area contributed by atoms with Gasteiger partial charge in [-0.1, -0.05) is 18.8 Å². The molecule has 1 aromatic heterocycles. The van der Waals surface area contributed by atoms with Crippen molar-refractivity contribution in [2.75, 3.05) is 33.2 Å². The summed E-state index contributed by atoms with van der Waals surface area (Å²) in [4.78, 5) is 17.6. The van der Waals surface area contributed by atoms with Crippen LogP contribution in [0, 0.1) is 11.8 Å². The van der Waals surface area contributed by atoms with Crippen molar-refractivity contribution in [3.63, 3.8) is 0 Å². The number of rotatable bonds is 4. The molecular formula is C16H23N3OS. The number of amides is 1. The van der Waals surface area contributed by atoms with E-state index in [0.717, 1.165) is 30.1 Å². The van der Waals surface area contributed by atoms with E-state index in [-0.39, 0.29) is 5.91 Å². The number of carbonyl (C=O) groups is 1. The Hall–Kier alpha value is -1.35. The number of nitrogens with two attached hydrogens (primary N) is 1. The normalized spacial score (nSPS) is 18.3. The molecule has 0 aliphatic carbocycles. The van der Waals surface area contributed by atoms with Crippen LogP contribution >= 0.6 is 11.3 Å². The predicted molar refractivity (Wildman–Crippen MR) is 87.5 cm³/mol. The lowest BCUT2D eigenvalue weighted by atomic mass is 10.2. The minimum atomic E-state index is 0.0787. The lowest BCUT2D eigenvalue weighted by Crippen LogP contribution is -2.41. The molecule has 0 bridgehead atoms. The highest BCUT2D eigenvalue weighted by Gasteiger charge is 2.26. The second-order valence-electron chi connectivity index (χ2n) is 5.32. The number of thiophene rings is 1. The number of nitrogens with zero attached hydrogens (tertiary/aromatic N) is 2. The van der Waals surface area contributed by atoms with Gasteiger partial charge in [0, 0.05) is 25.0 Å². The van der Waals surface area contributed by atoms with Gasteiger partial charge in [-0.15, -0.1) is 11.3 Å². The molecule has 2 heterocycles. The Morgan fingerprint density at radius 1 is 1.62 bits per heavy atom. The fourth-order valence-electron chi connectivity index (χ4n) is 2.79. The second kappa shape index (κ2) is 7.60. The maximum absolute atomic E-state index is 12.5. The van der Waals surface area contributed by atoms with Crippen LogP contribution in [0.1, 0.15) is 35.0 Å². The molecule has 21 heavy (non-hydrogen) atoms. The average molecular weight is 305 g/mol. The molecule has 1 saturated heterocycles. The first-order chi connectivity index (χ1) is 10.2. The molecule has 0 radical (unpaired) electrons. The first kappa shape index (κ1) is 16.0. The van der Waals surface area contributed by atoms with Gasteiger partial charge in [0.25, 0.3) is 5.91 Å². The van der Waals surface area contributed by atoms with Crippen LogP contribution in [0.2, 0.25) is 0 Å². The van der Waals surface area contributed by atoms with Crippen molar-refractivity contribution in [3.05, 3.63) is 21.9 Å². The number of carbonyl (C=O) groups excluding carboxylic acids is 1. The van der Waals surface area contributed by atoms with E-state index >= 15 is 0 Å². The maximum Gasteiger partial charge on any atom is 0.254 e. The first-order valence-corrected chi connectivity index (χ1v) is 8.30. The van der Waals surface area contributed by atoms with Gasteiger partial charge >= 0.3 is 0 Å². The number of likely N-dealkylation sites (N-methyl/N-ethyl adjacent to an activating group) is 2. The van der Waals surface area contributed by atoms with Crippen molar-refractivity contribution in [2.24, 2.45) is 5.73 Å². The van der Waals surface area contributed by atoms with E-state index in [1.807, 2.05) is 23.4 Å². The molecule has 4 nitrogen and oxygen atoms in total. The summed E-state index contributed by atoms with van der Waals surface area (Å²) in [5.41, 5.74) is 6.09. The molecule has 1 unspecified atom stereocenters. The minimum Gasteiger partial charge on any atom is -0.340 e. The molecule has 1 fully saturated rings. The molecule has 1 aliphatic heterocycles. The van der Waals surface area contributed by atoms with E-state index < -0.39 is 0 Å². The van der Waals surface area contributed by atoms with E-state index in [9.17, 15) is 4.79 Å². The van der Waals surface area contributed by atoms with E-state index in [1.54, 1.807) is 0 Å². The zero-order chi connectivity index (χ0) is 15.2. The van der Waals surface area contributed by atoms with Gasteiger partial charge < -0.3 is 10.6 Å². The quantitative estimate of drug-likeness (QED) is 0.860. The van der Waals surface area contributed by atoms with Gasteiger partial charge in [0.2, 0.25) is 0 Å². The zero-order valence-corrected chi connectivity index (χ0v) is 13.6. The van der Waals surface area contributed by atoms with Crippen molar-refractivity contribution >= 4 is 17.2 Å². The van der Waals surface area contributed by atoms with Crippen LogP contribution < -0.4 is 5.73 Å². The third-order valence-corrected chi connectivity index (χ3v) is 4.74. The maximum atomic E-state index is 12.5. The Bertz CT molecular complexity index is 543. The highest BCUT2D eigenvalue weighted by molar-refractivity contribution is 7.10.